The van der Waals surface area contributed by atoms with Crippen molar-refractivity contribution in [3.8, 4) is 0 Å². The Kier molecular flexibility index (Phi) is 5.16. The zero-order valence-electron chi connectivity index (χ0n) is 15.1. The average Bonchev–Trinajstić information content (AvgIpc) is 2.85. The Bertz CT molecular complexity index is 595. The number of hydrogen-bond acceptors (Lipinski definition) is 2. The van der Waals surface area contributed by atoms with Crippen LogP contribution in [0.25, 0.3) is 0 Å². The maximum atomic E-state index is 12.1. The van der Waals surface area contributed by atoms with Crippen LogP contribution in [0.2, 0.25) is 0 Å². The van der Waals surface area contributed by atoms with Crippen LogP contribution in [-0.4, -0.2) is 11.6 Å². The SMILES string of the molecule is CC(=O)[C@H]1CC[C@H]2[C@@H]3CCC4=CC(=O)CC[C@]4(C)[C@H]3CC[C@]12C.[Lu]. The summed E-state index contributed by atoms with van der Waals surface area (Å²) in [6.07, 6.45) is 10.9. The molecule has 24 heavy (non-hydrogen) atoms. The van der Waals surface area contributed by atoms with Crippen LogP contribution in [0.3, 0.4) is 0 Å². The number of fused-ring (bicyclic) bond motifs is 5. The summed E-state index contributed by atoms with van der Waals surface area (Å²) in [6.45, 7) is 6.65. The van der Waals surface area contributed by atoms with E-state index in [1.807, 2.05) is 6.08 Å². The van der Waals surface area contributed by atoms with E-state index in [4.69, 9.17) is 0 Å². The molecule has 3 saturated carbocycles. The first kappa shape index (κ1) is 19.1. The smallest absolute Gasteiger partial charge is 0.155 e. The van der Waals surface area contributed by atoms with Crippen LogP contribution in [-0.2, 0) is 9.59 Å². The molecule has 4 aliphatic rings. The van der Waals surface area contributed by atoms with Gasteiger partial charge in [-0.15, -0.1) is 0 Å². The molecule has 0 heterocycles. The third-order valence-corrected chi connectivity index (χ3v) is 8.45. The second-order valence-corrected chi connectivity index (χ2v) is 9.25. The molecule has 3 heteroatoms. The second-order valence-electron chi connectivity index (χ2n) is 9.25. The molecule has 0 unspecified atom stereocenters. The Morgan fingerprint density at radius 3 is 2.50 bits per heavy atom. The van der Waals surface area contributed by atoms with Gasteiger partial charge in [-0.1, -0.05) is 19.4 Å². The number of rotatable bonds is 1. The van der Waals surface area contributed by atoms with Gasteiger partial charge in [0.2, 0.25) is 0 Å². The normalized spacial score (nSPS) is 47.0. The van der Waals surface area contributed by atoms with Crippen molar-refractivity contribution in [1.29, 1.82) is 0 Å². The van der Waals surface area contributed by atoms with Gasteiger partial charge in [0.1, 0.15) is 5.78 Å². The quantitative estimate of drug-likeness (QED) is 0.534. The molecule has 0 bridgehead atoms. The Morgan fingerprint density at radius 2 is 1.79 bits per heavy atom. The molecule has 0 aromatic heterocycles. The van der Waals surface area contributed by atoms with E-state index in [9.17, 15) is 9.59 Å². The molecule has 4 rings (SSSR count). The first-order valence-electron chi connectivity index (χ1n) is 9.60. The summed E-state index contributed by atoms with van der Waals surface area (Å²) in [5.41, 5.74) is 1.95. The molecule has 0 spiro atoms. The zero-order chi connectivity index (χ0) is 16.4. The predicted molar refractivity (Wildman–Crippen MR) is 90.9 cm³/mol. The molecule has 0 amide bonds. The van der Waals surface area contributed by atoms with Crippen LogP contribution < -0.4 is 0 Å². The monoisotopic (exact) mass is 489 g/mol. The summed E-state index contributed by atoms with van der Waals surface area (Å²) in [5.74, 6) is 3.29. The van der Waals surface area contributed by atoms with E-state index in [0.29, 0.717) is 17.5 Å². The Balaban J connectivity index is 0.00000169. The second kappa shape index (κ2) is 6.48. The van der Waals surface area contributed by atoms with Crippen LogP contribution >= 0.6 is 0 Å². The summed E-state index contributed by atoms with van der Waals surface area (Å²) in [7, 11) is 0. The first-order valence-corrected chi connectivity index (χ1v) is 9.60. The Hall–Kier alpha value is 0.314. The van der Waals surface area contributed by atoms with Gasteiger partial charge in [-0.2, -0.15) is 0 Å². The molecule has 1 radical (unpaired) electrons. The fourth-order valence-electron chi connectivity index (χ4n) is 7.23. The van der Waals surface area contributed by atoms with Gasteiger partial charge in [0.05, 0.1) is 0 Å². The minimum atomic E-state index is 0. The number of hydrogen-bond donors (Lipinski definition) is 0. The summed E-state index contributed by atoms with van der Waals surface area (Å²) in [4.78, 5) is 24.0. The van der Waals surface area contributed by atoms with Crippen molar-refractivity contribution < 1.29 is 46.5 Å². The molecule has 4 aliphatic carbocycles. The van der Waals surface area contributed by atoms with E-state index in [1.165, 1.54) is 31.3 Å². The standard InChI is InChI=1S/C21H30O2.Lu/c1-13(22)17-6-7-18-16-5-4-14-12-15(23)8-10-20(14,2)19(16)9-11-21(17,18)3;/h12,16-19H,4-11H2,1-3H3;/t16-,17+,18-,19-,20-,21+;/m0./s1. The van der Waals surface area contributed by atoms with E-state index in [-0.39, 0.29) is 47.7 Å². The van der Waals surface area contributed by atoms with E-state index >= 15 is 0 Å². The zero-order valence-corrected chi connectivity index (χ0v) is 16.8. The topological polar surface area (TPSA) is 34.1 Å². The molecule has 6 atom stereocenters. The van der Waals surface area contributed by atoms with E-state index in [1.54, 1.807) is 6.92 Å². The summed E-state index contributed by atoms with van der Waals surface area (Å²) < 4.78 is 0. The fourth-order valence-corrected chi connectivity index (χ4v) is 7.23. The van der Waals surface area contributed by atoms with Crippen LogP contribution in [0.1, 0.15) is 72.1 Å². The van der Waals surface area contributed by atoms with Gasteiger partial charge in [0.15, 0.2) is 5.78 Å². The largest absolute Gasteiger partial charge is 0.300 e. The summed E-state index contributed by atoms with van der Waals surface area (Å²) in [5, 5.41) is 0. The molecule has 0 N–H and O–H groups in total. The molecular weight excluding hydrogens is 459 g/mol. The third kappa shape index (κ3) is 2.61. The molecule has 0 aromatic rings. The van der Waals surface area contributed by atoms with Crippen LogP contribution in [0.15, 0.2) is 11.6 Å². The van der Waals surface area contributed by atoms with E-state index in [0.717, 1.165) is 43.4 Å². The van der Waals surface area contributed by atoms with Gasteiger partial charge in [-0.3, -0.25) is 9.59 Å². The summed E-state index contributed by atoms with van der Waals surface area (Å²) in [6, 6.07) is 0. The van der Waals surface area contributed by atoms with Gasteiger partial charge in [0.25, 0.3) is 0 Å². The molecule has 3 fully saturated rings. The number of ketones is 2. The molecule has 141 valence electrons. The number of carbonyl (C=O) groups is 2. The van der Waals surface area contributed by atoms with Gasteiger partial charge in [-0.05, 0) is 86.5 Å². The van der Waals surface area contributed by atoms with Gasteiger partial charge in [-0.25, -0.2) is 0 Å². The maximum Gasteiger partial charge on any atom is 0.155 e. The minimum Gasteiger partial charge on any atom is -0.300 e. The van der Waals surface area contributed by atoms with Crippen molar-refractivity contribution in [2.75, 3.05) is 0 Å². The van der Waals surface area contributed by atoms with Crippen molar-refractivity contribution in [2.45, 2.75) is 72.1 Å². The van der Waals surface area contributed by atoms with Gasteiger partial charge >= 0.3 is 0 Å². The molecule has 2 nitrogen and oxygen atoms in total. The van der Waals surface area contributed by atoms with Crippen molar-refractivity contribution in [2.24, 2.45) is 34.5 Å². The number of carbonyl (C=O) groups excluding carboxylic acids is 2. The molecular formula is C21H30LuO2. The summed E-state index contributed by atoms with van der Waals surface area (Å²) >= 11 is 0. The van der Waals surface area contributed by atoms with Gasteiger partial charge in [0, 0.05) is 49.2 Å². The van der Waals surface area contributed by atoms with Gasteiger partial charge < -0.3 is 0 Å². The maximum absolute atomic E-state index is 12.1. The van der Waals surface area contributed by atoms with Crippen molar-refractivity contribution in [3.05, 3.63) is 11.6 Å². The predicted octanol–water partition coefficient (Wildman–Crippen LogP) is 4.72. The van der Waals surface area contributed by atoms with Crippen molar-refractivity contribution >= 4 is 11.6 Å². The van der Waals surface area contributed by atoms with E-state index < -0.39 is 0 Å². The van der Waals surface area contributed by atoms with Crippen LogP contribution in [0, 0.1) is 71.4 Å². The van der Waals surface area contributed by atoms with Crippen LogP contribution in [0.5, 0.6) is 0 Å². The fraction of sp³-hybridized carbons (Fsp3) is 0.810. The Morgan fingerprint density at radius 1 is 1.04 bits per heavy atom. The van der Waals surface area contributed by atoms with Crippen molar-refractivity contribution in [1.82, 2.24) is 0 Å². The van der Waals surface area contributed by atoms with Crippen molar-refractivity contribution in [3.63, 3.8) is 0 Å². The molecule has 0 saturated heterocycles. The average molecular weight is 489 g/mol. The molecule has 0 aromatic carbocycles. The van der Waals surface area contributed by atoms with E-state index in [2.05, 4.69) is 13.8 Å². The Labute approximate surface area is 175 Å². The number of Topliss-reactive ketones (excluding diaryl/α,β-unsaturated/α-hetero) is 1. The van der Waals surface area contributed by atoms with Crippen LogP contribution in [0.4, 0.5) is 0 Å². The minimum absolute atomic E-state index is 0. The first-order chi connectivity index (χ1) is 10.9. The number of allylic oxidation sites excluding steroid dienone is 1. The third-order valence-electron chi connectivity index (χ3n) is 8.45. The molecule has 0 aliphatic heterocycles.